The van der Waals surface area contributed by atoms with E-state index in [-0.39, 0.29) is 31.1 Å². The smallest absolute Gasteiger partial charge is 0.306 e. The third-order valence-electron chi connectivity index (χ3n) is 10.6. The standard InChI is InChI=1S/C56H94O6/c1-4-7-10-13-16-19-22-24-26-27-28-29-30-32-34-37-40-43-46-49-55(58)61-52-53(51-60-54(57)48-45-42-39-36-33-21-18-15-12-9-6-3)62-56(59)50-47-44-41-38-35-31-25-23-20-17-14-11-8-5-2/h7,10,15-16,18-19,24,26,28-29,31-32,34-35,53H,4-6,8-9,11-14,17,20-23,25,27,30,33,36-52H2,1-3H3/b10-7-,18-15-,19-16-,26-24-,29-28-,34-32-,35-31-. The minimum Gasteiger partial charge on any atom is -0.462 e. The van der Waals surface area contributed by atoms with Crippen molar-refractivity contribution in [1.29, 1.82) is 0 Å². The summed E-state index contributed by atoms with van der Waals surface area (Å²) in [6.45, 7) is 6.42. The van der Waals surface area contributed by atoms with E-state index in [2.05, 4.69) is 106 Å². The Kier molecular flexibility index (Phi) is 47.5. The minimum atomic E-state index is -0.800. The number of esters is 3. The molecule has 354 valence electrons. The van der Waals surface area contributed by atoms with Gasteiger partial charge in [-0.2, -0.15) is 0 Å². The van der Waals surface area contributed by atoms with Crippen LogP contribution in [0.3, 0.4) is 0 Å². The van der Waals surface area contributed by atoms with E-state index in [0.717, 1.165) is 122 Å². The van der Waals surface area contributed by atoms with Gasteiger partial charge in [0, 0.05) is 19.3 Å². The molecule has 6 heteroatoms. The lowest BCUT2D eigenvalue weighted by atomic mass is 10.1. The molecule has 0 heterocycles. The first kappa shape index (κ1) is 58.6. The molecule has 0 aromatic carbocycles. The van der Waals surface area contributed by atoms with Crippen LogP contribution in [0.2, 0.25) is 0 Å². The molecule has 1 unspecified atom stereocenters. The van der Waals surface area contributed by atoms with Crippen molar-refractivity contribution in [2.45, 2.75) is 239 Å². The molecule has 0 aromatic heterocycles. The molecule has 62 heavy (non-hydrogen) atoms. The first-order valence-electron chi connectivity index (χ1n) is 25.6. The zero-order chi connectivity index (χ0) is 45.1. The third kappa shape index (κ3) is 47.6. The molecule has 0 amide bonds. The third-order valence-corrected chi connectivity index (χ3v) is 10.6. The van der Waals surface area contributed by atoms with E-state index in [1.807, 2.05) is 0 Å². The van der Waals surface area contributed by atoms with E-state index in [1.165, 1.54) is 70.6 Å². The van der Waals surface area contributed by atoms with Crippen LogP contribution in [0.25, 0.3) is 0 Å². The van der Waals surface area contributed by atoms with E-state index in [0.29, 0.717) is 19.3 Å². The average molecular weight is 863 g/mol. The van der Waals surface area contributed by atoms with Crippen molar-refractivity contribution in [2.24, 2.45) is 0 Å². The van der Waals surface area contributed by atoms with Crippen LogP contribution in [0.4, 0.5) is 0 Å². The summed E-state index contributed by atoms with van der Waals surface area (Å²) in [5.74, 6) is -0.959. The number of rotatable bonds is 45. The van der Waals surface area contributed by atoms with Crippen molar-refractivity contribution in [2.75, 3.05) is 13.2 Å². The lowest BCUT2D eigenvalue weighted by Gasteiger charge is -2.18. The predicted octanol–water partition coefficient (Wildman–Crippen LogP) is 16.8. The molecular formula is C56H94O6. The van der Waals surface area contributed by atoms with Crippen LogP contribution in [0.5, 0.6) is 0 Å². The van der Waals surface area contributed by atoms with Crippen LogP contribution in [0.1, 0.15) is 233 Å². The summed E-state index contributed by atoms with van der Waals surface area (Å²) < 4.78 is 16.7. The van der Waals surface area contributed by atoms with Crippen molar-refractivity contribution < 1.29 is 28.6 Å². The molecule has 0 aromatic rings. The van der Waals surface area contributed by atoms with Gasteiger partial charge >= 0.3 is 17.9 Å². The van der Waals surface area contributed by atoms with E-state index in [9.17, 15) is 14.4 Å². The molecule has 0 N–H and O–H groups in total. The van der Waals surface area contributed by atoms with Gasteiger partial charge in [0.25, 0.3) is 0 Å². The molecule has 6 nitrogen and oxygen atoms in total. The molecule has 0 aliphatic rings. The Labute approximate surface area is 382 Å². The van der Waals surface area contributed by atoms with Gasteiger partial charge < -0.3 is 14.2 Å². The maximum atomic E-state index is 12.8. The molecule has 0 aliphatic carbocycles. The number of unbranched alkanes of at least 4 members (excludes halogenated alkanes) is 20. The Morgan fingerprint density at radius 3 is 1.06 bits per heavy atom. The summed E-state index contributed by atoms with van der Waals surface area (Å²) in [6.07, 6.45) is 64.2. The number of ether oxygens (including phenoxy) is 3. The molecule has 0 radical (unpaired) electrons. The van der Waals surface area contributed by atoms with Gasteiger partial charge in [0.1, 0.15) is 13.2 Å². The summed E-state index contributed by atoms with van der Waals surface area (Å²) >= 11 is 0. The van der Waals surface area contributed by atoms with Gasteiger partial charge in [-0.15, -0.1) is 0 Å². The summed E-state index contributed by atoms with van der Waals surface area (Å²) in [4.78, 5) is 37.9. The Balaban J connectivity index is 4.45. The van der Waals surface area contributed by atoms with Crippen molar-refractivity contribution in [1.82, 2.24) is 0 Å². The highest BCUT2D eigenvalue weighted by Crippen LogP contribution is 2.13. The number of allylic oxidation sites excluding steroid dienone is 14. The minimum absolute atomic E-state index is 0.0982. The van der Waals surface area contributed by atoms with Crippen LogP contribution in [-0.2, 0) is 28.6 Å². The van der Waals surface area contributed by atoms with Gasteiger partial charge in [0.15, 0.2) is 6.10 Å². The summed E-state index contributed by atoms with van der Waals surface area (Å²) in [5, 5.41) is 0. The fourth-order valence-corrected chi connectivity index (χ4v) is 6.74. The first-order valence-corrected chi connectivity index (χ1v) is 25.6. The molecule has 0 bridgehead atoms. The highest BCUT2D eigenvalue weighted by molar-refractivity contribution is 5.71. The summed E-state index contributed by atoms with van der Waals surface area (Å²) in [5.41, 5.74) is 0. The maximum absolute atomic E-state index is 12.8. The quantitative estimate of drug-likeness (QED) is 0.0263. The Hall–Kier alpha value is -3.41. The monoisotopic (exact) mass is 863 g/mol. The van der Waals surface area contributed by atoms with Gasteiger partial charge in [-0.25, -0.2) is 0 Å². The highest BCUT2D eigenvalue weighted by Gasteiger charge is 2.19. The van der Waals surface area contributed by atoms with E-state index in [4.69, 9.17) is 14.2 Å². The fraction of sp³-hybridized carbons (Fsp3) is 0.696. The van der Waals surface area contributed by atoms with Crippen LogP contribution >= 0.6 is 0 Å². The molecule has 0 saturated carbocycles. The largest absolute Gasteiger partial charge is 0.462 e. The molecule has 0 saturated heterocycles. The normalized spacial score (nSPS) is 12.8. The fourth-order valence-electron chi connectivity index (χ4n) is 6.74. The molecule has 0 fully saturated rings. The van der Waals surface area contributed by atoms with Crippen molar-refractivity contribution in [3.63, 3.8) is 0 Å². The van der Waals surface area contributed by atoms with Crippen molar-refractivity contribution in [3.8, 4) is 0 Å². The van der Waals surface area contributed by atoms with Crippen molar-refractivity contribution in [3.05, 3.63) is 85.1 Å². The lowest BCUT2D eigenvalue weighted by Crippen LogP contribution is -2.30. The second-order valence-electron chi connectivity index (χ2n) is 16.7. The molecule has 0 aliphatic heterocycles. The van der Waals surface area contributed by atoms with Gasteiger partial charge in [0.2, 0.25) is 0 Å². The molecular weight excluding hydrogens is 769 g/mol. The van der Waals surface area contributed by atoms with E-state index in [1.54, 1.807) is 0 Å². The predicted molar refractivity (Wildman–Crippen MR) is 265 cm³/mol. The number of hydrogen-bond donors (Lipinski definition) is 0. The molecule has 1 atom stereocenters. The molecule has 0 spiro atoms. The maximum Gasteiger partial charge on any atom is 0.306 e. The van der Waals surface area contributed by atoms with Crippen LogP contribution in [-0.4, -0.2) is 37.2 Å². The summed E-state index contributed by atoms with van der Waals surface area (Å²) in [6, 6.07) is 0. The Morgan fingerprint density at radius 1 is 0.339 bits per heavy atom. The zero-order valence-corrected chi connectivity index (χ0v) is 40.4. The van der Waals surface area contributed by atoms with Crippen LogP contribution in [0, 0.1) is 0 Å². The van der Waals surface area contributed by atoms with Gasteiger partial charge in [-0.3, -0.25) is 14.4 Å². The van der Waals surface area contributed by atoms with E-state index < -0.39 is 6.10 Å². The second-order valence-corrected chi connectivity index (χ2v) is 16.7. The van der Waals surface area contributed by atoms with Crippen LogP contribution in [0.15, 0.2) is 85.1 Å². The lowest BCUT2D eigenvalue weighted by molar-refractivity contribution is -0.167. The van der Waals surface area contributed by atoms with Gasteiger partial charge in [0.05, 0.1) is 0 Å². The summed E-state index contributed by atoms with van der Waals surface area (Å²) in [7, 11) is 0. The van der Waals surface area contributed by atoms with E-state index >= 15 is 0 Å². The van der Waals surface area contributed by atoms with Crippen molar-refractivity contribution >= 4 is 17.9 Å². The highest BCUT2D eigenvalue weighted by atomic mass is 16.6. The average Bonchev–Trinajstić information content (AvgIpc) is 3.27. The number of carbonyl (C=O) groups is 3. The number of hydrogen-bond acceptors (Lipinski definition) is 6. The van der Waals surface area contributed by atoms with Gasteiger partial charge in [-0.05, 0) is 109 Å². The Morgan fingerprint density at radius 2 is 0.645 bits per heavy atom. The van der Waals surface area contributed by atoms with Crippen LogP contribution < -0.4 is 0 Å². The topological polar surface area (TPSA) is 78.9 Å². The Bertz CT molecular complexity index is 1220. The number of carbonyl (C=O) groups excluding carboxylic acids is 3. The molecule has 0 rings (SSSR count). The zero-order valence-electron chi connectivity index (χ0n) is 40.4. The second kappa shape index (κ2) is 50.2. The van der Waals surface area contributed by atoms with Gasteiger partial charge in [-0.1, -0.05) is 189 Å². The SMILES string of the molecule is CC/C=C\C/C=C\C/C=C\C/C=C\C/C=C\CCCCCC(=O)OCC(COC(=O)CCCCCCC/C=C\CCCC)OC(=O)CCCCC/C=C\CCCCCCCCC. The first-order chi connectivity index (χ1) is 30.5.